The molecule has 8 heteroatoms. The smallest absolute Gasteiger partial charge is 0.242 e. The van der Waals surface area contributed by atoms with Crippen LogP contribution in [0.1, 0.15) is 43.7 Å². The Kier molecular flexibility index (Phi) is 10.8. The first kappa shape index (κ1) is 27.2. The molecule has 0 bridgehead atoms. The molecule has 1 saturated heterocycles. The van der Waals surface area contributed by atoms with Crippen molar-refractivity contribution in [1.29, 1.82) is 0 Å². The topological polar surface area (TPSA) is 123 Å². The number of amides is 3. The highest BCUT2D eigenvalue weighted by Crippen LogP contribution is 2.16. The van der Waals surface area contributed by atoms with E-state index in [9.17, 15) is 14.4 Å². The molecule has 2 atom stereocenters. The second-order valence-corrected chi connectivity index (χ2v) is 9.52. The minimum atomic E-state index is -0.709. The third-order valence-electron chi connectivity index (χ3n) is 6.58. The number of carbonyl (C=O) groups excluding carboxylic acids is 3. The Balaban J connectivity index is 1.58. The Hall–Kier alpha value is -3.39. The first-order valence-corrected chi connectivity index (χ1v) is 12.7. The van der Waals surface area contributed by atoms with Gasteiger partial charge in [-0.25, -0.2) is 0 Å². The Morgan fingerprint density at radius 1 is 1.03 bits per heavy atom. The zero-order valence-electron chi connectivity index (χ0n) is 21.0. The first-order valence-electron chi connectivity index (χ1n) is 12.7. The summed E-state index contributed by atoms with van der Waals surface area (Å²) in [5, 5.41) is 9.22. The van der Waals surface area contributed by atoms with Crippen molar-refractivity contribution in [1.82, 2.24) is 16.0 Å². The van der Waals surface area contributed by atoms with E-state index in [-0.39, 0.29) is 18.2 Å². The zero-order valence-corrected chi connectivity index (χ0v) is 21.0. The standard InChI is InChI=1S/C28H38N4O4/c1-20(27(29)34)7-12-26(33)32-25(28(35)31-18-22-13-15-30-16-14-22)17-21-8-10-24(11-9-21)36-19-23-5-3-2-4-6-23/h2-6,8-11,20,22,25,30H,7,12-19H2,1H3,(H2,29,34)(H,31,35)(H,32,33). The lowest BCUT2D eigenvalue weighted by Gasteiger charge is -2.25. The number of carbonyl (C=O) groups is 3. The molecule has 2 aromatic rings. The molecule has 3 amide bonds. The molecule has 0 saturated carbocycles. The van der Waals surface area contributed by atoms with E-state index in [4.69, 9.17) is 10.5 Å². The van der Waals surface area contributed by atoms with Gasteiger partial charge in [-0.1, -0.05) is 49.4 Å². The highest BCUT2D eigenvalue weighted by Gasteiger charge is 2.23. The van der Waals surface area contributed by atoms with Crippen LogP contribution in [0.2, 0.25) is 0 Å². The molecule has 2 unspecified atom stereocenters. The largest absolute Gasteiger partial charge is 0.489 e. The second-order valence-electron chi connectivity index (χ2n) is 9.52. The SMILES string of the molecule is CC(CCC(=O)NC(Cc1ccc(OCc2ccccc2)cc1)C(=O)NCC1CCNCC1)C(N)=O. The maximum absolute atomic E-state index is 13.1. The van der Waals surface area contributed by atoms with Crippen molar-refractivity contribution in [3.63, 3.8) is 0 Å². The summed E-state index contributed by atoms with van der Waals surface area (Å²) in [6.45, 7) is 4.68. The normalized spacial score (nSPS) is 15.5. The minimum Gasteiger partial charge on any atom is -0.489 e. The first-order chi connectivity index (χ1) is 17.4. The van der Waals surface area contributed by atoms with E-state index in [2.05, 4.69) is 16.0 Å². The fourth-order valence-electron chi connectivity index (χ4n) is 4.12. The van der Waals surface area contributed by atoms with Gasteiger partial charge in [-0.05, 0) is 61.5 Å². The third-order valence-corrected chi connectivity index (χ3v) is 6.58. The van der Waals surface area contributed by atoms with Gasteiger partial charge in [0.25, 0.3) is 0 Å². The van der Waals surface area contributed by atoms with Gasteiger partial charge >= 0.3 is 0 Å². The van der Waals surface area contributed by atoms with Crippen LogP contribution in [-0.4, -0.2) is 43.4 Å². The highest BCUT2D eigenvalue weighted by atomic mass is 16.5. The molecule has 2 aromatic carbocycles. The molecule has 0 radical (unpaired) electrons. The van der Waals surface area contributed by atoms with Gasteiger partial charge in [-0.2, -0.15) is 0 Å². The van der Waals surface area contributed by atoms with E-state index in [1.54, 1.807) is 6.92 Å². The predicted octanol–water partition coefficient (Wildman–Crippen LogP) is 2.31. The second kappa shape index (κ2) is 14.2. The number of primary amides is 1. The molecule has 1 heterocycles. The molecule has 1 aliphatic rings. The third kappa shape index (κ3) is 9.34. The van der Waals surface area contributed by atoms with E-state index >= 15 is 0 Å². The lowest BCUT2D eigenvalue weighted by molar-refractivity contribution is -0.129. The van der Waals surface area contributed by atoms with Gasteiger partial charge in [0, 0.05) is 25.3 Å². The van der Waals surface area contributed by atoms with Gasteiger partial charge in [0.1, 0.15) is 18.4 Å². The van der Waals surface area contributed by atoms with E-state index in [0.29, 0.717) is 31.9 Å². The van der Waals surface area contributed by atoms with Gasteiger partial charge in [-0.15, -0.1) is 0 Å². The fraction of sp³-hybridized carbons (Fsp3) is 0.464. The summed E-state index contributed by atoms with van der Waals surface area (Å²) in [5.74, 6) is -0.134. The van der Waals surface area contributed by atoms with Crippen LogP contribution in [0, 0.1) is 11.8 Å². The van der Waals surface area contributed by atoms with E-state index in [1.165, 1.54) is 0 Å². The maximum Gasteiger partial charge on any atom is 0.242 e. The molecule has 0 aromatic heterocycles. The Bertz CT molecular complexity index is 975. The zero-order chi connectivity index (χ0) is 25.8. The molecule has 3 rings (SSSR count). The van der Waals surface area contributed by atoms with Crippen LogP contribution in [-0.2, 0) is 27.4 Å². The molecule has 1 aliphatic heterocycles. The molecular formula is C28H38N4O4. The Labute approximate surface area is 213 Å². The molecule has 0 spiro atoms. The molecule has 194 valence electrons. The predicted molar refractivity (Wildman–Crippen MR) is 139 cm³/mol. The average molecular weight is 495 g/mol. The molecule has 5 N–H and O–H groups in total. The van der Waals surface area contributed by atoms with Crippen LogP contribution in [0.25, 0.3) is 0 Å². The van der Waals surface area contributed by atoms with Crippen molar-refractivity contribution >= 4 is 17.7 Å². The van der Waals surface area contributed by atoms with Gasteiger partial charge in [-0.3, -0.25) is 14.4 Å². The summed E-state index contributed by atoms with van der Waals surface area (Å²) in [4.78, 5) is 36.9. The van der Waals surface area contributed by atoms with Crippen molar-refractivity contribution in [2.24, 2.45) is 17.6 Å². The van der Waals surface area contributed by atoms with E-state index in [0.717, 1.165) is 42.8 Å². The van der Waals surface area contributed by atoms with Crippen LogP contribution in [0.3, 0.4) is 0 Å². The van der Waals surface area contributed by atoms with Gasteiger partial charge in [0.15, 0.2) is 0 Å². The number of nitrogens with two attached hydrogens (primary N) is 1. The Morgan fingerprint density at radius 3 is 2.39 bits per heavy atom. The number of nitrogens with one attached hydrogen (secondary N) is 3. The van der Waals surface area contributed by atoms with Crippen molar-refractivity contribution in [2.75, 3.05) is 19.6 Å². The highest BCUT2D eigenvalue weighted by molar-refractivity contribution is 5.88. The van der Waals surface area contributed by atoms with Crippen LogP contribution in [0.4, 0.5) is 0 Å². The fourth-order valence-corrected chi connectivity index (χ4v) is 4.12. The van der Waals surface area contributed by atoms with Crippen molar-refractivity contribution in [3.05, 3.63) is 65.7 Å². The number of hydrogen-bond donors (Lipinski definition) is 4. The number of rotatable bonds is 13. The van der Waals surface area contributed by atoms with E-state index < -0.39 is 17.9 Å². The van der Waals surface area contributed by atoms with Crippen LogP contribution in [0.5, 0.6) is 5.75 Å². The quantitative estimate of drug-likeness (QED) is 0.340. The number of piperidine rings is 1. The van der Waals surface area contributed by atoms with Gasteiger partial charge in [0.05, 0.1) is 0 Å². The maximum atomic E-state index is 13.1. The number of benzene rings is 2. The van der Waals surface area contributed by atoms with Crippen LogP contribution in [0.15, 0.2) is 54.6 Å². The minimum absolute atomic E-state index is 0.133. The summed E-state index contributed by atoms with van der Waals surface area (Å²) >= 11 is 0. The monoisotopic (exact) mass is 494 g/mol. The number of hydrogen-bond acceptors (Lipinski definition) is 5. The van der Waals surface area contributed by atoms with Crippen LogP contribution >= 0.6 is 0 Å². The molecule has 36 heavy (non-hydrogen) atoms. The lowest BCUT2D eigenvalue weighted by atomic mass is 9.97. The Morgan fingerprint density at radius 2 is 1.72 bits per heavy atom. The van der Waals surface area contributed by atoms with Gasteiger partial charge in [0.2, 0.25) is 17.7 Å². The van der Waals surface area contributed by atoms with Gasteiger partial charge < -0.3 is 26.4 Å². The van der Waals surface area contributed by atoms with Crippen molar-refractivity contribution < 1.29 is 19.1 Å². The molecular weight excluding hydrogens is 456 g/mol. The van der Waals surface area contributed by atoms with Crippen molar-refractivity contribution in [3.8, 4) is 5.75 Å². The summed E-state index contributed by atoms with van der Waals surface area (Å²) in [5.41, 5.74) is 7.30. The molecule has 0 aliphatic carbocycles. The molecule has 1 fully saturated rings. The van der Waals surface area contributed by atoms with E-state index in [1.807, 2.05) is 54.6 Å². The van der Waals surface area contributed by atoms with Crippen LogP contribution < -0.4 is 26.4 Å². The summed E-state index contributed by atoms with van der Waals surface area (Å²) in [6.07, 6.45) is 2.88. The van der Waals surface area contributed by atoms with Crippen molar-refractivity contribution in [2.45, 2.75) is 51.7 Å². The molecule has 8 nitrogen and oxygen atoms in total. The lowest BCUT2D eigenvalue weighted by Crippen LogP contribution is -2.49. The summed E-state index contributed by atoms with van der Waals surface area (Å²) < 4.78 is 5.85. The average Bonchev–Trinajstić information content (AvgIpc) is 2.90. The summed E-state index contributed by atoms with van der Waals surface area (Å²) in [7, 11) is 0. The number of ether oxygens (including phenoxy) is 1. The summed E-state index contributed by atoms with van der Waals surface area (Å²) in [6, 6.07) is 16.8.